The van der Waals surface area contributed by atoms with Gasteiger partial charge in [0.05, 0.1) is 12.1 Å². The van der Waals surface area contributed by atoms with Gasteiger partial charge in [-0.3, -0.25) is 4.90 Å². The summed E-state index contributed by atoms with van der Waals surface area (Å²) < 4.78 is 5.29. The highest BCUT2D eigenvalue weighted by Crippen LogP contribution is 2.32. The van der Waals surface area contributed by atoms with Crippen molar-refractivity contribution in [2.24, 2.45) is 0 Å². The summed E-state index contributed by atoms with van der Waals surface area (Å²) in [5.74, 6) is 0.953. The Morgan fingerprint density at radius 3 is 2.27 bits per heavy atom. The summed E-state index contributed by atoms with van der Waals surface area (Å²) in [5.41, 5.74) is 3.78. The number of halogens is 1. The molecule has 0 radical (unpaired) electrons. The van der Waals surface area contributed by atoms with Crippen molar-refractivity contribution in [2.75, 3.05) is 21.2 Å². The third-order valence-corrected chi connectivity index (χ3v) is 4.02. The number of methoxy groups -OCH3 is 1. The highest BCUT2D eigenvalue weighted by atomic mass is 79.9. The maximum absolute atomic E-state index is 5.29. The summed E-state index contributed by atoms with van der Waals surface area (Å²) in [7, 11) is 5.82. The SMILES string of the molecule is COc1ccc(C(Br)N(C)C)c(C)c1C. The monoisotopic (exact) mass is 271 g/mol. The third-order valence-electron chi connectivity index (χ3n) is 2.71. The van der Waals surface area contributed by atoms with Gasteiger partial charge in [0.2, 0.25) is 0 Å². The molecular formula is C12H18BrNO. The summed E-state index contributed by atoms with van der Waals surface area (Å²) in [4.78, 5) is 2.39. The van der Waals surface area contributed by atoms with Crippen LogP contribution in [0, 0.1) is 13.8 Å². The average molecular weight is 272 g/mol. The van der Waals surface area contributed by atoms with Gasteiger partial charge in [0.1, 0.15) is 5.75 Å². The number of hydrogen-bond acceptors (Lipinski definition) is 2. The van der Waals surface area contributed by atoms with E-state index in [2.05, 4.69) is 54.8 Å². The van der Waals surface area contributed by atoms with E-state index in [1.165, 1.54) is 16.7 Å². The fourth-order valence-corrected chi connectivity index (χ4v) is 2.07. The molecule has 15 heavy (non-hydrogen) atoms. The molecule has 1 aromatic rings. The standard InChI is InChI=1S/C12H18BrNO/c1-8-9(2)11(15-5)7-6-10(8)12(13)14(3)4/h6-7,12H,1-5H3. The summed E-state index contributed by atoms with van der Waals surface area (Å²) in [6.07, 6.45) is 0. The van der Waals surface area contributed by atoms with Gasteiger partial charge in [-0.25, -0.2) is 0 Å². The summed E-state index contributed by atoms with van der Waals surface area (Å²) >= 11 is 3.67. The molecule has 0 aliphatic carbocycles. The van der Waals surface area contributed by atoms with Gasteiger partial charge in [0.15, 0.2) is 0 Å². The van der Waals surface area contributed by atoms with Crippen LogP contribution in [0.5, 0.6) is 5.75 Å². The van der Waals surface area contributed by atoms with Gasteiger partial charge in [0.25, 0.3) is 0 Å². The first-order chi connectivity index (χ1) is 6.99. The van der Waals surface area contributed by atoms with Crippen LogP contribution < -0.4 is 4.74 Å². The zero-order chi connectivity index (χ0) is 11.6. The Labute approximate surface area is 100 Å². The van der Waals surface area contributed by atoms with Crippen molar-refractivity contribution < 1.29 is 4.74 Å². The Balaban J connectivity index is 3.17. The molecular weight excluding hydrogens is 254 g/mol. The van der Waals surface area contributed by atoms with E-state index in [0.29, 0.717) is 0 Å². The van der Waals surface area contributed by atoms with Gasteiger partial charge in [-0.2, -0.15) is 0 Å². The van der Waals surface area contributed by atoms with Gasteiger partial charge < -0.3 is 4.74 Å². The highest BCUT2D eigenvalue weighted by molar-refractivity contribution is 9.09. The fraction of sp³-hybridized carbons (Fsp3) is 0.500. The molecule has 0 aliphatic rings. The van der Waals surface area contributed by atoms with E-state index in [1.54, 1.807) is 7.11 Å². The van der Waals surface area contributed by atoms with Crippen molar-refractivity contribution in [3.63, 3.8) is 0 Å². The minimum absolute atomic E-state index is 0.252. The van der Waals surface area contributed by atoms with Gasteiger partial charge >= 0.3 is 0 Å². The summed E-state index contributed by atoms with van der Waals surface area (Å²) in [6.45, 7) is 4.22. The second kappa shape index (κ2) is 4.99. The largest absolute Gasteiger partial charge is 0.496 e. The molecule has 0 amide bonds. The lowest BCUT2D eigenvalue weighted by molar-refractivity contribution is 0.393. The van der Waals surface area contributed by atoms with E-state index in [4.69, 9.17) is 4.74 Å². The first kappa shape index (κ1) is 12.5. The Morgan fingerprint density at radius 2 is 1.80 bits per heavy atom. The molecule has 0 saturated carbocycles. The van der Waals surface area contributed by atoms with E-state index in [1.807, 2.05) is 6.07 Å². The molecule has 1 unspecified atom stereocenters. The molecule has 0 heterocycles. The van der Waals surface area contributed by atoms with Crippen LogP contribution >= 0.6 is 15.9 Å². The average Bonchev–Trinajstić information content (AvgIpc) is 2.21. The Kier molecular flexibility index (Phi) is 4.17. The van der Waals surface area contributed by atoms with Gasteiger partial charge in [-0.05, 0) is 50.7 Å². The molecule has 1 atom stereocenters. The fourth-order valence-electron chi connectivity index (χ4n) is 1.57. The topological polar surface area (TPSA) is 12.5 Å². The molecule has 0 bridgehead atoms. The Hall–Kier alpha value is -0.540. The number of rotatable bonds is 3. The van der Waals surface area contributed by atoms with Crippen molar-refractivity contribution >= 4 is 15.9 Å². The van der Waals surface area contributed by atoms with Crippen LogP contribution in [-0.4, -0.2) is 26.1 Å². The molecule has 1 aromatic carbocycles. The second-order valence-corrected chi connectivity index (χ2v) is 4.77. The predicted octanol–water partition coefficient (Wildman–Crippen LogP) is 3.27. The minimum atomic E-state index is 0.252. The van der Waals surface area contributed by atoms with Crippen LogP contribution in [0.2, 0.25) is 0 Å². The molecule has 0 aliphatic heterocycles. The van der Waals surface area contributed by atoms with Crippen molar-refractivity contribution in [3.8, 4) is 5.75 Å². The zero-order valence-electron chi connectivity index (χ0n) is 9.97. The number of nitrogens with zero attached hydrogens (tertiary/aromatic N) is 1. The van der Waals surface area contributed by atoms with Crippen molar-refractivity contribution in [3.05, 3.63) is 28.8 Å². The number of hydrogen-bond donors (Lipinski definition) is 0. The van der Waals surface area contributed by atoms with Crippen LogP contribution in [0.15, 0.2) is 12.1 Å². The lowest BCUT2D eigenvalue weighted by atomic mass is 10.0. The quantitative estimate of drug-likeness (QED) is 0.618. The van der Waals surface area contributed by atoms with Crippen molar-refractivity contribution in [2.45, 2.75) is 18.8 Å². The normalized spacial score (nSPS) is 13.0. The third kappa shape index (κ3) is 2.52. The second-order valence-electron chi connectivity index (χ2n) is 3.91. The maximum Gasteiger partial charge on any atom is 0.122 e. The molecule has 0 fully saturated rings. The van der Waals surface area contributed by atoms with Crippen molar-refractivity contribution in [1.82, 2.24) is 4.90 Å². The van der Waals surface area contributed by atoms with Crippen LogP contribution in [0.3, 0.4) is 0 Å². The van der Waals surface area contributed by atoms with Crippen LogP contribution in [-0.2, 0) is 0 Å². The van der Waals surface area contributed by atoms with Gasteiger partial charge in [-0.15, -0.1) is 0 Å². The van der Waals surface area contributed by atoms with E-state index in [0.717, 1.165) is 5.75 Å². The first-order valence-electron chi connectivity index (χ1n) is 4.93. The molecule has 84 valence electrons. The van der Waals surface area contributed by atoms with E-state index in [-0.39, 0.29) is 4.95 Å². The minimum Gasteiger partial charge on any atom is -0.496 e. The van der Waals surface area contributed by atoms with Crippen LogP contribution in [0.4, 0.5) is 0 Å². The zero-order valence-corrected chi connectivity index (χ0v) is 11.6. The molecule has 0 saturated heterocycles. The summed E-state index contributed by atoms with van der Waals surface area (Å²) in [5, 5.41) is 0. The van der Waals surface area contributed by atoms with Crippen LogP contribution in [0.1, 0.15) is 21.6 Å². The van der Waals surface area contributed by atoms with E-state index < -0.39 is 0 Å². The first-order valence-corrected chi connectivity index (χ1v) is 5.85. The molecule has 1 rings (SSSR count). The Bertz CT molecular complexity index is 350. The number of ether oxygens (including phenoxy) is 1. The maximum atomic E-state index is 5.29. The number of benzene rings is 1. The summed E-state index contributed by atoms with van der Waals surface area (Å²) in [6, 6.07) is 4.13. The Morgan fingerprint density at radius 1 is 1.20 bits per heavy atom. The predicted molar refractivity (Wildman–Crippen MR) is 67.8 cm³/mol. The van der Waals surface area contributed by atoms with Gasteiger partial charge in [0, 0.05) is 0 Å². The van der Waals surface area contributed by atoms with Crippen LogP contribution in [0.25, 0.3) is 0 Å². The molecule has 2 nitrogen and oxygen atoms in total. The van der Waals surface area contributed by atoms with E-state index in [9.17, 15) is 0 Å². The molecule has 3 heteroatoms. The lowest BCUT2D eigenvalue weighted by Gasteiger charge is -2.22. The molecule has 0 N–H and O–H groups in total. The molecule has 0 aromatic heterocycles. The van der Waals surface area contributed by atoms with Crippen molar-refractivity contribution in [1.29, 1.82) is 0 Å². The molecule has 0 spiro atoms. The number of alkyl halides is 1. The van der Waals surface area contributed by atoms with Gasteiger partial charge in [-0.1, -0.05) is 22.0 Å². The smallest absolute Gasteiger partial charge is 0.122 e. The lowest BCUT2D eigenvalue weighted by Crippen LogP contribution is -2.15. The highest BCUT2D eigenvalue weighted by Gasteiger charge is 2.15. The van der Waals surface area contributed by atoms with E-state index >= 15 is 0 Å².